The van der Waals surface area contributed by atoms with Gasteiger partial charge in [-0.15, -0.1) is 0 Å². The zero-order chi connectivity index (χ0) is 19.0. The Kier molecular flexibility index (Phi) is 7.04. The minimum absolute atomic E-state index is 0.00266. The Balaban J connectivity index is 1.52. The highest BCUT2D eigenvalue weighted by Gasteiger charge is 2.42. The molecule has 27 heavy (non-hydrogen) atoms. The summed E-state index contributed by atoms with van der Waals surface area (Å²) < 4.78 is 7.45. The van der Waals surface area contributed by atoms with Gasteiger partial charge in [-0.1, -0.05) is 30.3 Å². The molecule has 0 saturated carbocycles. The molecular formula is C22H31N3O2. The van der Waals surface area contributed by atoms with Gasteiger partial charge in [0.2, 0.25) is 0 Å². The Morgan fingerprint density at radius 2 is 1.93 bits per heavy atom. The third-order valence-electron chi connectivity index (χ3n) is 5.68. The van der Waals surface area contributed by atoms with Gasteiger partial charge in [0.15, 0.2) is 0 Å². The van der Waals surface area contributed by atoms with Crippen molar-refractivity contribution in [3.63, 3.8) is 0 Å². The van der Waals surface area contributed by atoms with Crippen LogP contribution in [0.5, 0.6) is 0 Å². The highest BCUT2D eigenvalue weighted by molar-refractivity contribution is 5.77. The Morgan fingerprint density at radius 1 is 1.15 bits per heavy atom. The molecule has 3 rings (SSSR count). The Morgan fingerprint density at radius 3 is 2.59 bits per heavy atom. The number of benzene rings is 1. The summed E-state index contributed by atoms with van der Waals surface area (Å²) >= 11 is 0. The first-order chi connectivity index (χ1) is 13.2. The molecule has 5 nitrogen and oxygen atoms in total. The lowest BCUT2D eigenvalue weighted by molar-refractivity contribution is -0.159. The minimum atomic E-state index is -0.329. The molecule has 1 saturated heterocycles. The second-order valence-electron chi connectivity index (χ2n) is 7.45. The third kappa shape index (κ3) is 5.42. The molecule has 1 aliphatic rings. The quantitative estimate of drug-likeness (QED) is 0.634. The van der Waals surface area contributed by atoms with E-state index in [1.165, 1.54) is 5.56 Å². The van der Waals surface area contributed by atoms with Gasteiger partial charge < -0.3 is 9.64 Å². The van der Waals surface area contributed by atoms with Crippen molar-refractivity contribution in [3.05, 3.63) is 54.4 Å². The maximum Gasteiger partial charge on any atom is 0.312 e. The van der Waals surface area contributed by atoms with Crippen molar-refractivity contribution in [2.24, 2.45) is 5.41 Å². The van der Waals surface area contributed by atoms with Gasteiger partial charge in [0.1, 0.15) is 0 Å². The van der Waals surface area contributed by atoms with Crippen molar-refractivity contribution in [1.82, 2.24) is 14.7 Å². The number of likely N-dealkylation sites (tertiary alicyclic amines) is 1. The van der Waals surface area contributed by atoms with E-state index in [1.54, 1.807) is 0 Å². The molecule has 0 aliphatic carbocycles. The van der Waals surface area contributed by atoms with Crippen molar-refractivity contribution >= 4 is 5.97 Å². The molecule has 146 valence electrons. The Labute approximate surface area is 162 Å². The fourth-order valence-electron chi connectivity index (χ4n) is 3.96. The number of esters is 1. The lowest BCUT2D eigenvalue weighted by atomic mass is 9.74. The summed E-state index contributed by atoms with van der Waals surface area (Å²) in [5.74, 6) is -0.00266. The van der Waals surface area contributed by atoms with Crippen LogP contribution >= 0.6 is 0 Å². The number of aromatic nitrogens is 2. The van der Waals surface area contributed by atoms with E-state index in [4.69, 9.17) is 4.74 Å². The average molecular weight is 370 g/mol. The average Bonchev–Trinajstić information content (AvgIpc) is 3.22. The number of nitrogens with zero attached hydrogens (tertiary/aromatic N) is 3. The highest BCUT2D eigenvalue weighted by atomic mass is 16.5. The predicted octanol–water partition coefficient (Wildman–Crippen LogP) is 3.55. The molecule has 1 aliphatic heterocycles. The van der Waals surface area contributed by atoms with Gasteiger partial charge in [-0.3, -0.25) is 9.48 Å². The molecular weight excluding hydrogens is 338 g/mol. The summed E-state index contributed by atoms with van der Waals surface area (Å²) in [4.78, 5) is 15.2. The van der Waals surface area contributed by atoms with Crippen LogP contribution in [0.4, 0.5) is 0 Å². The highest BCUT2D eigenvalue weighted by Crippen LogP contribution is 2.37. The molecule has 1 aromatic heterocycles. The molecule has 1 fully saturated rings. The van der Waals surface area contributed by atoms with Gasteiger partial charge in [-0.2, -0.15) is 5.10 Å². The standard InChI is InChI=1S/C22H31N3O2/c1-2-27-21(26)22(11-10-20-8-4-3-5-9-20)12-18-24(19-13-22)15-7-17-25-16-6-14-23-25/h3-6,8-9,14,16H,2,7,10-13,15,17-19H2,1H3. The van der Waals surface area contributed by atoms with E-state index in [1.807, 2.05) is 36.1 Å². The first kappa shape index (κ1) is 19.6. The first-order valence-electron chi connectivity index (χ1n) is 10.1. The van der Waals surface area contributed by atoms with Crippen molar-refractivity contribution in [2.75, 3.05) is 26.2 Å². The largest absolute Gasteiger partial charge is 0.466 e. The molecule has 0 atom stereocenters. The fraction of sp³-hybridized carbons (Fsp3) is 0.545. The molecule has 2 heterocycles. The number of piperidine rings is 1. The van der Waals surface area contributed by atoms with E-state index in [-0.39, 0.29) is 11.4 Å². The predicted molar refractivity (Wildman–Crippen MR) is 106 cm³/mol. The minimum Gasteiger partial charge on any atom is -0.466 e. The van der Waals surface area contributed by atoms with Crippen molar-refractivity contribution < 1.29 is 9.53 Å². The smallest absolute Gasteiger partial charge is 0.312 e. The van der Waals surface area contributed by atoms with Crippen molar-refractivity contribution in [1.29, 1.82) is 0 Å². The number of aryl methyl sites for hydroxylation is 2. The number of hydrogen-bond acceptors (Lipinski definition) is 4. The number of carbonyl (C=O) groups excluding carboxylic acids is 1. The Hall–Kier alpha value is -2.14. The topological polar surface area (TPSA) is 47.4 Å². The lowest BCUT2D eigenvalue weighted by Gasteiger charge is -2.40. The zero-order valence-corrected chi connectivity index (χ0v) is 16.3. The van der Waals surface area contributed by atoms with E-state index in [9.17, 15) is 4.79 Å². The third-order valence-corrected chi connectivity index (χ3v) is 5.68. The van der Waals surface area contributed by atoms with Crippen LogP contribution in [0.25, 0.3) is 0 Å². The molecule has 0 N–H and O–H groups in total. The summed E-state index contributed by atoms with van der Waals surface area (Å²) in [5, 5.41) is 4.26. The van der Waals surface area contributed by atoms with Crippen molar-refractivity contribution in [3.8, 4) is 0 Å². The van der Waals surface area contributed by atoms with E-state index < -0.39 is 0 Å². The summed E-state index contributed by atoms with van der Waals surface area (Å²) in [6.07, 6.45) is 8.49. The molecule has 0 bridgehead atoms. The summed E-state index contributed by atoms with van der Waals surface area (Å²) in [7, 11) is 0. The maximum absolute atomic E-state index is 12.8. The second kappa shape index (κ2) is 9.70. The molecule has 0 unspecified atom stereocenters. The van der Waals surface area contributed by atoms with Gasteiger partial charge in [-0.05, 0) is 70.3 Å². The van der Waals surface area contributed by atoms with Gasteiger partial charge in [0, 0.05) is 18.9 Å². The van der Waals surface area contributed by atoms with Gasteiger partial charge in [-0.25, -0.2) is 0 Å². The lowest BCUT2D eigenvalue weighted by Crippen LogP contribution is -2.45. The maximum atomic E-state index is 12.8. The van der Waals surface area contributed by atoms with Crippen LogP contribution in [0.3, 0.4) is 0 Å². The summed E-state index contributed by atoms with van der Waals surface area (Å²) in [6.45, 7) is 6.28. The van der Waals surface area contributed by atoms with Crippen LogP contribution in [0.2, 0.25) is 0 Å². The number of rotatable bonds is 9. The second-order valence-corrected chi connectivity index (χ2v) is 7.45. The van der Waals surface area contributed by atoms with Crippen LogP contribution < -0.4 is 0 Å². The SMILES string of the molecule is CCOC(=O)C1(CCc2ccccc2)CCN(CCCn2cccn2)CC1. The molecule has 1 aromatic carbocycles. The molecule has 0 amide bonds. The van der Waals surface area contributed by atoms with Gasteiger partial charge in [0.25, 0.3) is 0 Å². The first-order valence-corrected chi connectivity index (χ1v) is 10.1. The van der Waals surface area contributed by atoms with Crippen molar-refractivity contribution in [2.45, 2.75) is 45.6 Å². The monoisotopic (exact) mass is 369 g/mol. The van der Waals surface area contributed by atoms with E-state index in [0.717, 1.165) is 58.3 Å². The zero-order valence-electron chi connectivity index (χ0n) is 16.3. The Bertz CT molecular complexity index is 677. The molecule has 0 spiro atoms. The van der Waals surface area contributed by atoms with E-state index in [2.05, 4.69) is 34.3 Å². The summed E-state index contributed by atoms with van der Waals surface area (Å²) in [6, 6.07) is 12.4. The van der Waals surface area contributed by atoms with E-state index >= 15 is 0 Å². The molecule has 0 radical (unpaired) electrons. The summed E-state index contributed by atoms with van der Waals surface area (Å²) in [5.41, 5.74) is 0.965. The van der Waals surface area contributed by atoms with Gasteiger partial charge >= 0.3 is 5.97 Å². The fourth-order valence-corrected chi connectivity index (χ4v) is 3.96. The number of hydrogen-bond donors (Lipinski definition) is 0. The van der Waals surface area contributed by atoms with Crippen LogP contribution in [0.1, 0.15) is 38.2 Å². The van der Waals surface area contributed by atoms with Gasteiger partial charge in [0.05, 0.1) is 12.0 Å². The number of carbonyl (C=O) groups is 1. The van der Waals surface area contributed by atoms with E-state index in [0.29, 0.717) is 6.61 Å². The molecule has 5 heteroatoms. The molecule has 2 aromatic rings. The number of ether oxygens (including phenoxy) is 1. The van der Waals surface area contributed by atoms with Crippen LogP contribution in [0, 0.1) is 5.41 Å². The van der Waals surface area contributed by atoms with Crippen LogP contribution in [-0.2, 0) is 22.5 Å². The van der Waals surface area contributed by atoms with Crippen LogP contribution in [-0.4, -0.2) is 46.9 Å². The normalized spacial score (nSPS) is 16.9. The van der Waals surface area contributed by atoms with Crippen LogP contribution in [0.15, 0.2) is 48.8 Å².